The van der Waals surface area contributed by atoms with Crippen LogP contribution in [-0.2, 0) is 9.59 Å². The highest BCUT2D eigenvalue weighted by Crippen LogP contribution is 2.42. The van der Waals surface area contributed by atoms with Crippen molar-refractivity contribution in [1.82, 2.24) is 9.80 Å². The quantitative estimate of drug-likeness (QED) is 0.364. The van der Waals surface area contributed by atoms with Gasteiger partial charge in [-0.3, -0.25) is 10.1 Å². The molecule has 0 spiro atoms. The molecule has 0 radical (unpaired) electrons. The molecule has 0 fully saturated rings. The Bertz CT molecular complexity index is 928. The molecule has 1 atom stereocenters. The highest BCUT2D eigenvalue weighted by molar-refractivity contribution is 5.98. The van der Waals surface area contributed by atoms with Crippen LogP contribution < -0.4 is 0 Å². The van der Waals surface area contributed by atoms with Crippen LogP contribution in [0.25, 0.3) is 0 Å². The first-order chi connectivity index (χ1) is 15.0. The van der Waals surface area contributed by atoms with Crippen LogP contribution in [0.2, 0.25) is 0 Å². The molecule has 0 amide bonds. The van der Waals surface area contributed by atoms with Gasteiger partial charge in [0.1, 0.15) is 0 Å². The summed E-state index contributed by atoms with van der Waals surface area (Å²) in [6, 6.07) is 5.34. The Morgan fingerprint density at radius 1 is 1.12 bits per heavy atom. The van der Waals surface area contributed by atoms with Crippen LogP contribution in [0.5, 0.6) is 0 Å². The molecule has 1 aromatic rings. The summed E-state index contributed by atoms with van der Waals surface area (Å²) in [5.41, 5.74) is 0.137. The molecule has 1 heterocycles. The fourth-order valence-corrected chi connectivity index (χ4v) is 4.13. The number of carboxylic acid groups (broad SMARTS) is 2. The lowest BCUT2D eigenvalue weighted by Gasteiger charge is -2.38. The second kappa shape index (κ2) is 10.4. The summed E-state index contributed by atoms with van der Waals surface area (Å²) in [6.07, 6.45) is -0.848. The monoisotopic (exact) mass is 447 g/mol. The molecule has 3 N–H and O–H groups in total. The minimum atomic E-state index is -1.33. The molecule has 1 aliphatic rings. The maximum absolute atomic E-state index is 12.2. The van der Waals surface area contributed by atoms with Crippen LogP contribution in [0.3, 0.4) is 0 Å². The van der Waals surface area contributed by atoms with Crippen LogP contribution in [0, 0.1) is 10.1 Å². The number of carbonyl (C=O) groups is 2. The van der Waals surface area contributed by atoms with E-state index in [9.17, 15) is 35.0 Å². The van der Waals surface area contributed by atoms with Crippen LogP contribution in [-0.4, -0.2) is 74.3 Å². The van der Waals surface area contributed by atoms with Crippen molar-refractivity contribution >= 4 is 17.6 Å². The minimum absolute atomic E-state index is 0.0172. The Morgan fingerprint density at radius 3 is 2.09 bits per heavy atom. The Hall–Kier alpha value is -3.24. The Morgan fingerprint density at radius 2 is 1.66 bits per heavy atom. The van der Waals surface area contributed by atoms with Crippen molar-refractivity contribution < 1.29 is 29.8 Å². The first kappa shape index (κ1) is 25.0. The first-order valence-electron chi connectivity index (χ1n) is 10.3. The molecule has 1 aromatic carbocycles. The van der Waals surface area contributed by atoms with E-state index in [1.54, 1.807) is 13.8 Å². The number of nitro benzene ring substituents is 1. The van der Waals surface area contributed by atoms with Crippen molar-refractivity contribution in [1.29, 1.82) is 0 Å². The van der Waals surface area contributed by atoms with E-state index in [2.05, 4.69) is 0 Å². The maximum atomic E-state index is 12.2. The third-order valence-corrected chi connectivity index (χ3v) is 5.80. The van der Waals surface area contributed by atoms with Gasteiger partial charge in [-0.2, -0.15) is 0 Å². The van der Waals surface area contributed by atoms with Crippen molar-refractivity contribution in [2.75, 3.05) is 26.2 Å². The molecular formula is C22H29N3O7. The highest BCUT2D eigenvalue weighted by Gasteiger charge is 2.40. The Kier molecular flexibility index (Phi) is 8.12. The molecule has 10 nitrogen and oxygen atoms in total. The lowest BCUT2D eigenvalue weighted by Crippen LogP contribution is -2.42. The maximum Gasteiger partial charge on any atom is 0.334 e. The first-order valence-corrected chi connectivity index (χ1v) is 10.3. The van der Waals surface area contributed by atoms with Gasteiger partial charge in [0.2, 0.25) is 0 Å². The van der Waals surface area contributed by atoms with Gasteiger partial charge in [-0.25, -0.2) is 9.59 Å². The molecule has 32 heavy (non-hydrogen) atoms. The van der Waals surface area contributed by atoms with E-state index in [0.717, 1.165) is 13.1 Å². The summed E-state index contributed by atoms with van der Waals surface area (Å²) in [6.45, 7) is 8.86. The number of non-ortho nitro benzene ring substituents is 1. The zero-order valence-electron chi connectivity index (χ0n) is 18.6. The lowest BCUT2D eigenvalue weighted by atomic mass is 9.79. The number of likely N-dealkylation sites (N-methyl/N-ethyl adjacent to an activating group) is 1. The van der Waals surface area contributed by atoms with Crippen molar-refractivity contribution in [3.05, 3.63) is 62.5 Å². The number of aliphatic carboxylic acids is 2. The van der Waals surface area contributed by atoms with Gasteiger partial charge in [0, 0.05) is 36.6 Å². The van der Waals surface area contributed by atoms with E-state index in [0.29, 0.717) is 6.54 Å². The van der Waals surface area contributed by atoms with Gasteiger partial charge in [0.15, 0.2) is 0 Å². The highest BCUT2D eigenvalue weighted by atomic mass is 16.6. The normalized spacial score (nSPS) is 16.0. The predicted molar refractivity (Wildman–Crippen MR) is 117 cm³/mol. The van der Waals surface area contributed by atoms with Gasteiger partial charge < -0.3 is 25.1 Å². The van der Waals surface area contributed by atoms with Gasteiger partial charge in [-0.05, 0) is 32.5 Å². The summed E-state index contributed by atoms with van der Waals surface area (Å²) in [5.74, 6) is -3.84. The van der Waals surface area contributed by atoms with E-state index in [-0.39, 0.29) is 40.3 Å². The van der Waals surface area contributed by atoms with Gasteiger partial charge in [0.25, 0.3) is 5.69 Å². The number of rotatable bonds is 10. The van der Waals surface area contributed by atoms with Crippen LogP contribution >= 0.6 is 0 Å². The van der Waals surface area contributed by atoms with Crippen molar-refractivity contribution in [3.63, 3.8) is 0 Å². The molecule has 0 aliphatic carbocycles. The average molecular weight is 447 g/mol. The van der Waals surface area contributed by atoms with Crippen molar-refractivity contribution in [2.24, 2.45) is 0 Å². The van der Waals surface area contributed by atoms with Crippen LogP contribution in [0.15, 0.2) is 46.8 Å². The van der Waals surface area contributed by atoms with E-state index in [4.69, 9.17) is 0 Å². The third-order valence-electron chi connectivity index (χ3n) is 5.80. The third kappa shape index (κ3) is 5.14. The SMILES string of the molecule is CCN(CC)CC(O)CN1C(C)=C(C(=O)O)C(c2cccc([N+](=O)[O-])c2)C(C(=O)O)=C1C. The molecule has 2 rings (SSSR count). The molecule has 0 saturated carbocycles. The lowest BCUT2D eigenvalue weighted by molar-refractivity contribution is -0.384. The number of nitro groups is 1. The molecular weight excluding hydrogens is 418 g/mol. The summed E-state index contributed by atoms with van der Waals surface area (Å²) in [5, 5.41) is 41.8. The minimum Gasteiger partial charge on any atom is -0.478 e. The van der Waals surface area contributed by atoms with E-state index >= 15 is 0 Å². The zero-order valence-corrected chi connectivity index (χ0v) is 18.6. The molecule has 0 aromatic heterocycles. The number of β-amino-alcohol motifs (C(OH)–C–C–N with tert-alkyl or cyclic N) is 1. The van der Waals surface area contributed by atoms with Gasteiger partial charge in [0.05, 0.1) is 28.1 Å². The van der Waals surface area contributed by atoms with E-state index in [1.165, 1.54) is 29.2 Å². The standard InChI is InChI=1S/C22H29N3O7/c1-5-23(6-2)11-17(26)12-24-13(3)18(21(27)28)20(19(14(24)4)22(29)30)15-8-7-9-16(10-15)25(31)32/h7-10,17,20,26H,5-6,11-12H2,1-4H3,(H,27,28)(H,29,30). The van der Waals surface area contributed by atoms with E-state index in [1.807, 2.05) is 18.7 Å². The summed E-state index contributed by atoms with van der Waals surface area (Å²) >= 11 is 0. The second-order valence-corrected chi connectivity index (χ2v) is 7.64. The molecule has 10 heteroatoms. The summed E-state index contributed by atoms with van der Waals surface area (Å²) in [7, 11) is 0. The molecule has 174 valence electrons. The summed E-state index contributed by atoms with van der Waals surface area (Å²) in [4.78, 5) is 38.6. The summed E-state index contributed by atoms with van der Waals surface area (Å²) < 4.78 is 0. The largest absolute Gasteiger partial charge is 0.478 e. The molecule has 1 aliphatic heterocycles. The number of carboxylic acids is 2. The number of aliphatic hydroxyl groups excluding tert-OH is 1. The van der Waals surface area contributed by atoms with Gasteiger partial charge >= 0.3 is 11.9 Å². The Labute approximate surface area is 186 Å². The number of hydrogen-bond donors (Lipinski definition) is 3. The molecule has 0 bridgehead atoms. The van der Waals surface area contributed by atoms with Crippen LogP contribution in [0.1, 0.15) is 39.2 Å². The fraction of sp³-hybridized carbons (Fsp3) is 0.455. The second-order valence-electron chi connectivity index (χ2n) is 7.64. The number of nitrogens with zero attached hydrogens (tertiary/aromatic N) is 3. The zero-order chi connectivity index (χ0) is 24.2. The van der Waals surface area contributed by atoms with Crippen molar-refractivity contribution in [2.45, 2.75) is 39.7 Å². The van der Waals surface area contributed by atoms with Gasteiger partial charge in [-0.1, -0.05) is 26.0 Å². The number of hydrogen-bond acceptors (Lipinski definition) is 7. The van der Waals surface area contributed by atoms with Crippen LogP contribution in [0.4, 0.5) is 5.69 Å². The van der Waals surface area contributed by atoms with Crippen molar-refractivity contribution in [3.8, 4) is 0 Å². The predicted octanol–water partition coefficient (Wildman–Crippen LogP) is 2.41. The smallest absolute Gasteiger partial charge is 0.334 e. The topological polar surface area (TPSA) is 144 Å². The average Bonchev–Trinajstić information content (AvgIpc) is 2.73. The number of aliphatic hydroxyl groups is 1. The molecule has 1 unspecified atom stereocenters. The Balaban J connectivity index is 2.60. The van der Waals surface area contributed by atoms with Gasteiger partial charge in [-0.15, -0.1) is 0 Å². The number of allylic oxidation sites excluding steroid dienone is 2. The van der Waals surface area contributed by atoms with E-state index < -0.39 is 28.9 Å². The molecule has 0 saturated heterocycles. The number of benzene rings is 1. The fourth-order valence-electron chi connectivity index (χ4n) is 4.13.